The maximum atomic E-state index is 12.8. The highest BCUT2D eigenvalue weighted by Crippen LogP contribution is 2.39. The summed E-state index contributed by atoms with van der Waals surface area (Å²) < 4.78 is 31.4. The monoisotopic (exact) mass is 423 g/mol. The number of rotatable bonds is 7. The van der Waals surface area contributed by atoms with Gasteiger partial charge in [-0.15, -0.1) is 0 Å². The fourth-order valence-corrected chi connectivity index (χ4v) is 4.25. The van der Waals surface area contributed by atoms with E-state index in [1.807, 2.05) is 13.8 Å². The molecule has 0 spiro atoms. The van der Waals surface area contributed by atoms with E-state index in [9.17, 15) is 23.3 Å². The van der Waals surface area contributed by atoms with E-state index < -0.39 is 32.8 Å². The summed E-state index contributed by atoms with van der Waals surface area (Å²) in [6, 6.07) is 5.69. The number of hydrogen-bond acceptors (Lipinski definition) is 7. The van der Waals surface area contributed by atoms with Crippen LogP contribution in [0, 0.1) is 10.1 Å². The standard InChI is InChI=1S/C19H25N3O6S/c1-11(2)21-29(26,27)10-28-19(23)18-14(5)20-13(4)12(3)17(18)15-7-6-8-16(9-15)22(24)25/h6-9,11,17,20-21H,10H2,1-5H3. The molecule has 2 rings (SSSR count). The van der Waals surface area contributed by atoms with Crippen molar-refractivity contribution >= 4 is 21.7 Å². The number of dihydropyridines is 1. The number of nitro benzene ring substituents is 1. The van der Waals surface area contributed by atoms with Crippen molar-refractivity contribution in [1.29, 1.82) is 0 Å². The fourth-order valence-electron chi connectivity index (χ4n) is 3.20. The molecule has 0 saturated carbocycles. The molecule has 1 aliphatic rings. The molecule has 0 aromatic heterocycles. The Morgan fingerprint density at radius 3 is 2.52 bits per heavy atom. The van der Waals surface area contributed by atoms with E-state index in [0.717, 1.165) is 11.3 Å². The van der Waals surface area contributed by atoms with E-state index in [-0.39, 0.29) is 17.3 Å². The van der Waals surface area contributed by atoms with Gasteiger partial charge in [0.25, 0.3) is 5.69 Å². The molecule has 0 saturated heterocycles. The van der Waals surface area contributed by atoms with Crippen molar-refractivity contribution in [2.45, 2.75) is 46.6 Å². The molecule has 29 heavy (non-hydrogen) atoms. The maximum absolute atomic E-state index is 12.8. The molecule has 0 aliphatic carbocycles. The molecule has 9 nitrogen and oxygen atoms in total. The highest BCUT2D eigenvalue weighted by Gasteiger charge is 2.33. The molecule has 2 N–H and O–H groups in total. The third-order valence-electron chi connectivity index (χ3n) is 4.49. The van der Waals surface area contributed by atoms with Gasteiger partial charge in [-0.05, 0) is 45.8 Å². The number of nitrogens with zero attached hydrogens (tertiary/aromatic N) is 1. The molecular weight excluding hydrogens is 398 g/mol. The number of nitro groups is 1. The van der Waals surface area contributed by atoms with Gasteiger partial charge < -0.3 is 10.1 Å². The SMILES string of the molecule is CC1=C(C)C(c2cccc([N+](=O)[O-])c2)C(C(=O)OCS(=O)(=O)NC(C)C)=C(C)N1. The number of carbonyl (C=O) groups is 1. The topological polar surface area (TPSA) is 128 Å². The first kappa shape index (κ1) is 22.6. The van der Waals surface area contributed by atoms with Crippen LogP contribution in [-0.2, 0) is 19.6 Å². The minimum absolute atomic E-state index is 0.0967. The van der Waals surface area contributed by atoms with Crippen LogP contribution in [0.3, 0.4) is 0 Å². The molecule has 0 bridgehead atoms. The van der Waals surface area contributed by atoms with Gasteiger partial charge in [0, 0.05) is 35.5 Å². The normalized spacial score (nSPS) is 17.4. The molecule has 0 fully saturated rings. The zero-order chi connectivity index (χ0) is 21.9. The largest absolute Gasteiger partial charge is 0.444 e. The van der Waals surface area contributed by atoms with E-state index in [2.05, 4.69) is 10.0 Å². The lowest BCUT2D eigenvalue weighted by Gasteiger charge is -2.30. The van der Waals surface area contributed by atoms with Gasteiger partial charge in [0.1, 0.15) is 0 Å². The number of allylic oxidation sites excluding steroid dienone is 3. The molecule has 0 radical (unpaired) electrons. The Bertz CT molecular complexity index is 995. The third-order valence-corrected chi connectivity index (χ3v) is 5.75. The average molecular weight is 423 g/mol. The first-order chi connectivity index (χ1) is 13.4. The molecule has 10 heteroatoms. The number of hydrogen-bond donors (Lipinski definition) is 2. The second kappa shape index (κ2) is 8.75. The maximum Gasteiger partial charge on any atom is 0.337 e. The molecule has 158 valence electrons. The van der Waals surface area contributed by atoms with E-state index in [1.165, 1.54) is 12.1 Å². The summed E-state index contributed by atoms with van der Waals surface area (Å²) in [5, 5.41) is 14.3. The second-order valence-electron chi connectivity index (χ2n) is 7.19. The summed E-state index contributed by atoms with van der Waals surface area (Å²) in [5.74, 6) is -2.21. The smallest absolute Gasteiger partial charge is 0.337 e. The quantitative estimate of drug-likeness (QED) is 0.392. The van der Waals surface area contributed by atoms with Gasteiger partial charge in [-0.3, -0.25) is 10.1 Å². The molecule has 1 aromatic carbocycles. The minimum Gasteiger partial charge on any atom is -0.444 e. The fraction of sp³-hybridized carbons (Fsp3) is 0.421. The Morgan fingerprint density at radius 2 is 1.93 bits per heavy atom. The lowest BCUT2D eigenvalue weighted by Crippen LogP contribution is -2.35. The van der Waals surface area contributed by atoms with Crippen LogP contribution in [0.2, 0.25) is 0 Å². The van der Waals surface area contributed by atoms with Crippen LogP contribution in [0.4, 0.5) is 5.69 Å². The Labute approximate surface area is 170 Å². The molecule has 1 heterocycles. The van der Waals surface area contributed by atoms with Crippen LogP contribution in [0.1, 0.15) is 46.1 Å². The van der Waals surface area contributed by atoms with Gasteiger partial charge in [-0.2, -0.15) is 0 Å². The van der Waals surface area contributed by atoms with Crippen LogP contribution in [0.5, 0.6) is 0 Å². The van der Waals surface area contributed by atoms with Gasteiger partial charge in [0.15, 0.2) is 0 Å². The number of carbonyl (C=O) groups excluding carboxylic acids is 1. The van der Waals surface area contributed by atoms with Crippen LogP contribution in [-0.4, -0.2) is 31.3 Å². The molecule has 0 amide bonds. The van der Waals surface area contributed by atoms with Gasteiger partial charge in [0.2, 0.25) is 16.0 Å². The van der Waals surface area contributed by atoms with Crippen molar-refractivity contribution in [3.63, 3.8) is 0 Å². The van der Waals surface area contributed by atoms with Gasteiger partial charge in [-0.25, -0.2) is 17.9 Å². The highest BCUT2D eigenvalue weighted by molar-refractivity contribution is 7.89. The highest BCUT2D eigenvalue weighted by atomic mass is 32.2. The van der Waals surface area contributed by atoms with Crippen molar-refractivity contribution in [3.8, 4) is 0 Å². The Hall–Kier alpha value is -2.72. The van der Waals surface area contributed by atoms with Crippen LogP contribution < -0.4 is 10.0 Å². The van der Waals surface area contributed by atoms with E-state index in [4.69, 9.17) is 4.74 Å². The van der Waals surface area contributed by atoms with Crippen LogP contribution >= 0.6 is 0 Å². The van der Waals surface area contributed by atoms with Gasteiger partial charge in [0.05, 0.1) is 10.5 Å². The predicted octanol–water partition coefficient (Wildman–Crippen LogP) is 2.68. The lowest BCUT2D eigenvalue weighted by atomic mass is 9.81. The zero-order valence-corrected chi connectivity index (χ0v) is 17.8. The number of esters is 1. The first-order valence-corrected chi connectivity index (χ1v) is 10.6. The third kappa shape index (κ3) is 5.42. The Morgan fingerprint density at radius 1 is 1.28 bits per heavy atom. The Balaban J connectivity index is 2.40. The van der Waals surface area contributed by atoms with E-state index >= 15 is 0 Å². The molecular formula is C19H25N3O6S. The first-order valence-electron chi connectivity index (χ1n) is 8.99. The van der Waals surface area contributed by atoms with Crippen molar-refractivity contribution in [2.75, 3.05) is 5.94 Å². The summed E-state index contributed by atoms with van der Waals surface area (Å²) in [6.45, 7) is 8.64. The number of ether oxygens (including phenoxy) is 1. The summed E-state index contributed by atoms with van der Waals surface area (Å²) in [5.41, 5.74) is 2.76. The van der Waals surface area contributed by atoms with Crippen molar-refractivity contribution in [2.24, 2.45) is 0 Å². The number of sulfonamides is 1. The summed E-state index contributed by atoms with van der Waals surface area (Å²) in [7, 11) is -3.79. The summed E-state index contributed by atoms with van der Waals surface area (Å²) >= 11 is 0. The minimum atomic E-state index is -3.79. The number of non-ortho nitro benzene ring substituents is 1. The van der Waals surface area contributed by atoms with Gasteiger partial charge >= 0.3 is 5.97 Å². The van der Waals surface area contributed by atoms with Crippen LogP contribution in [0.25, 0.3) is 0 Å². The lowest BCUT2D eigenvalue weighted by molar-refractivity contribution is -0.384. The van der Waals surface area contributed by atoms with Gasteiger partial charge in [-0.1, -0.05) is 12.1 Å². The van der Waals surface area contributed by atoms with Crippen molar-refractivity contribution in [3.05, 3.63) is 62.5 Å². The average Bonchev–Trinajstić information content (AvgIpc) is 2.61. The number of nitrogens with one attached hydrogen (secondary N) is 2. The molecule has 1 unspecified atom stereocenters. The van der Waals surface area contributed by atoms with Crippen molar-refractivity contribution in [1.82, 2.24) is 10.0 Å². The second-order valence-corrected chi connectivity index (χ2v) is 8.89. The molecule has 1 atom stereocenters. The Kier molecular flexibility index (Phi) is 6.81. The summed E-state index contributed by atoms with van der Waals surface area (Å²) in [6.07, 6.45) is 0. The van der Waals surface area contributed by atoms with E-state index in [0.29, 0.717) is 11.3 Å². The molecule has 1 aromatic rings. The zero-order valence-electron chi connectivity index (χ0n) is 17.0. The van der Waals surface area contributed by atoms with E-state index in [1.54, 1.807) is 32.9 Å². The van der Waals surface area contributed by atoms with Crippen LogP contribution in [0.15, 0.2) is 46.8 Å². The molecule has 1 aliphatic heterocycles. The predicted molar refractivity (Wildman–Crippen MR) is 108 cm³/mol. The number of benzene rings is 1. The van der Waals surface area contributed by atoms with Crippen molar-refractivity contribution < 1.29 is 22.9 Å². The summed E-state index contributed by atoms with van der Waals surface area (Å²) in [4.78, 5) is 23.5.